The third kappa shape index (κ3) is 4.08. The van der Waals surface area contributed by atoms with E-state index in [1.807, 2.05) is 0 Å². The maximum atomic E-state index is 11.6. The van der Waals surface area contributed by atoms with Crippen molar-refractivity contribution in [3.05, 3.63) is 17.5 Å². The minimum absolute atomic E-state index is 0.0925. The topological polar surface area (TPSA) is 92.9 Å². The van der Waals surface area contributed by atoms with Crippen molar-refractivity contribution in [3.8, 4) is 0 Å². The molecule has 0 saturated carbocycles. The zero-order valence-corrected chi connectivity index (χ0v) is 10.8. The molecule has 0 aliphatic carbocycles. The summed E-state index contributed by atoms with van der Waals surface area (Å²) in [7, 11) is 1.52. The van der Waals surface area contributed by atoms with Crippen molar-refractivity contribution >= 4 is 12.1 Å². The van der Waals surface area contributed by atoms with Gasteiger partial charge >= 0.3 is 12.1 Å². The van der Waals surface area contributed by atoms with Crippen LogP contribution >= 0.6 is 0 Å². The van der Waals surface area contributed by atoms with E-state index in [1.165, 1.54) is 18.0 Å². The van der Waals surface area contributed by atoms with Gasteiger partial charge in [0.2, 0.25) is 0 Å². The number of carboxylic acids is 1. The Labute approximate surface area is 104 Å². The van der Waals surface area contributed by atoms with Crippen LogP contribution in [-0.4, -0.2) is 39.9 Å². The highest BCUT2D eigenvalue weighted by molar-refractivity contribution is 5.85. The monoisotopic (exact) mass is 256 g/mol. The van der Waals surface area contributed by atoms with Crippen LogP contribution in [0.1, 0.15) is 37.0 Å². The van der Waals surface area contributed by atoms with Crippen molar-refractivity contribution in [2.75, 3.05) is 7.05 Å². The van der Waals surface area contributed by atoms with Gasteiger partial charge in [-0.15, -0.1) is 0 Å². The van der Waals surface area contributed by atoms with Crippen LogP contribution in [0, 0.1) is 0 Å². The lowest BCUT2D eigenvalue weighted by Gasteiger charge is -2.23. The van der Waals surface area contributed by atoms with Gasteiger partial charge in [-0.05, 0) is 20.8 Å². The molecule has 100 valence electrons. The summed E-state index contributed by atoms with van der Waals surface area (Å²) in [6.07, 6.45) is -0.518. The fourth-order valence-corrected chi connectivity index (χ4v) is 1.13. The fourth-order valence-electron chi connectivity index (χ4n) is 1.13. The molecule has 1 aromatic rings. The van der Waals surface area contributed by atoms with Crippen molar-refractivity contribution in [2.24, 2.45) is 0 Å². The van der Waals surface area contributed by atoms with Gasteiger partial charge in [-0.25, -0.2) is 9.59 Å². The fraction of sp³-hybridized carbons (Fsp3) is 0.545. The predicted molar refractivity (Wildman–Crippen MR) is 61.2 cm³/mol. The van der Waals surface area contributed by atoms with Crippen LogP contribution < -0.4 is 0 Å². The third-order valence-corrected chi connectivity index (χ3v) is 1.88. The molecule has 7 heteroatoms. The molecule has 0 atom stereocenters. The molecule has 1 rings (SSSR count). The van der Waals surface area contributed by atoms with Crippen molar-refractivity contribution < 1.29 is 24.0 Å². The van der Waals surface area contributed by atoms with E-state index >= 15 is 0 Å². The number of carbonyl (C=O) groups is 2. The van der Waals surface area contributed by atoms with Gasteiger partial charge in [0.25, 0.3) is 0 Å². The average Bonchev–Trinajstić information content (AvgIpc) is 2.63. The molecule has 1 N–H and O–H groups in total. The van der Waals surface area contributed by atoms with Crippen LogP contribution in [0.15, 0.2) is 10.6 Å². The van der Waals surface area contributed by atoms with Crippen LogP contribution in [0.4, 0.5) is 4.79 Å². The van der Waals surface area contributed by atoms with E-state index in [4.69, 9.17) is 14.4 Å². The minimum Gasteiger partial charge on any atom is -0.476 e. The lowest BCUT2D eigenvalue weighted by molar-refractivity contribution is 0.0271. The van der Waals surface area contributed by atoms with E-state index < -0.39 is 17.7 Å². The second kappa shape index (κ2) is 5.07. The van der Waals surface area contributed by atoms with E-state index in [9.17, 15) is 9.59 Å². The maximum absolute atomic E-state index is 11.6. The SMILES string of the molecule is CN(Cc1cc(C(=O)O)no1)C(=O)OC(C)(C)C. The number of aromatic nitrogens is 1. The normalized spacial score (nSPS) is 11.1. The van der Waals surface area contributed by atoms with Gasteiger partial charge in [-0.1, -0.05) is 5.16 Å². The summed E-state index contributed by atoms with van der Waals surface area (Å²) in [6.45, 7) is 5.37. The quantitative estimate of drug-likeness (QED) is 0.885. The summed E-state index contributed by atoms with van der Waals surface area (Å²) in [5, 5.41) is 12.0. The number of hydrogen-bond acceptors (Lipinski definition) is 5. The third-order valence-electron chi connectivity index (χ3n) is 1.88. The molecule has 0 aliphatic rings. The highest BCUT2D eigenvalue weighted by Crippen LogP contribution is 2.12. The number of hydrogen-bond donors (Lipinski definition) is 1. The summed E-state index contributed by atoms with van der Waals surface area (Å²) >= 11 is 0. The number of carboxylic acid groups (broad SMARTS) is 1. The summed E-state index contributed by atoms with van der Waals surface area (Å²) in [6, 6.07) is 1.27. The largest absolute Gasteiger partial charge is 0.476 e. The van der Waals surface area contributed by atoms with E-state index in [0.29, 0.717) is 0 Å². The van der Waals surface area contributed by atoms with Gasteiger partial charge in [-0.3, -0.25) is 0 Å². The molecule has 0 saturated heterocycles. The number of nitrogens with zero attached hydrogens (tertiary/aromatic N) is 2. The van der Waals surface area contributed by atoms with Crippen LogP contribution in [0.25, 0.3) is 0 Å². The zero-order valence-electron chi connectivity index (χ0n) is 10.8. The van der Waals surface area contributed by atoms with Gasteiger partial charge in [0, 0.05) is 13.1 Å². The maximum Gasteiger partial charge on any atom is 0.410 e. The van der Waals surface area contributed by atoms with E-state index in [1.54, 1.807) is 20.8 Å². The first-order valence-electron chi connectivity index (χ1n) is 5.32. The zero-order chi connectivity index (χ0) is 13.9. The Morgan fingerprint density at radius 1 is 1.50 bits per heavy atom. The molecule has 0 spiro atoms. The van der Waals surface area contributed by atoms with Gasteiger partial charge < -0.3 is 19.3 Å². The second-order valence-electron chi connectivity index (χ2n) is 4.82. The predicted octanol–water partition coefficient (Wildman–Crippen LogP) is 1.74. The Balaban J connectivity index is 2.61. The van der Waals surface area contributed by atoms with Crippen LogP contribution in [0.2, 0.25) is 0 Å². The number of aromatic carboxylic acids is 1. The van der Waals surface area contributed by atoms with Crippen LogP contribution in [0.3, 0.4) is 0 Å². The van der Waals surface area contributed by atoms with Crippen molar-refractivity contribution in [1.29, 1.82) is 0 Å². The highest BCUT2D eigenvalue weighted by atomic mass is 16.6. The molecule has 7 nitrogen and oxygen atoms in total. The van der Waals surface area contributed by atoms with E-state index in [2.05, 4.69) is 5.16 Å². The Bertz CT molecular complexity index is 447. The Morgan fingerprint density at radius 2 is 2.11 bits per heavy atom. The first kappa shape index (κ1) is 14.0. The molecule has 0 fully saturated rings. The molecule has 0 unspecified atom stereocenters. The number of amides is 1. The summed E-state index contributed by atoms with van der Waals surface area (Å²) in [5.41, 5.74) is -0.776. The molecule has 0 bridgehead atoms. The Hall–Kier alpha value is -2.05. The van der Waals surface area contributed by atoms with Crippen LogP contribution in [-0.2, 0) is 11.3 Å². The average molecular weight is 256 g/mol. The van der Waals surface area contributed by atoms with Crippen molar-refractivity contribution in [2.45, 2.75) is 32.9 Å². The molecule has 0 radical (unpaired) electrons. The van der Waals surface area contributed by atoms with E-state index in [-0.39, 0.29) is 18.0 Å². The molecular formula is C11H16N2O5. The minimum atomic E-state index is -1.18. The molecular weight excluding hydrogens is 240 g/mol. The summed E-state index contributed by atoms with van der Waals surface area (Å²) < 4.78 is 9.93. The van der Waals surface area contributed by atoms with Crippen LogP contribution in [0.5, 0.6) is 0 Å². The molecule has 18 heavy (non-hydrogen) atoms. The molecule has 1 amide bonds. The standard InChI is InChI=1S/C11H16N2O5/c1-11(2,3)17-10(16)13(4)6-7-5-8(9(14)15)12-18-7/h5H,6H2,1-4H3,(H,14,15). The van der Waals surface area contributed by atoms with Gasteiger partial charge in [0.15, 0.2) is 11.5 Å². The Morgan fingerprint density at radius 3 is 2.56 bits per heavy atom. The number of ether oxygens (including phenoxy) is 1. The van der Waals surface area contributed by atoms with Crippen molar-refractivity contribution in [1.82, 2.24) is 10.1 Å². The van der Waals surface area contributed by atoms with Gasteiger partial charge in [0.1, 0.15) is 5.60 Å². The second-order valence-corrected chi connectivity index (χ2v) is 4.82. The summed E-state index contributed by atoms with van der Waals surface area (Å²) in [5.74, 6) is -0.898. The lowest BCUT2D eigenvalue weighted by atomic mass is 10.2. The van der Waals surface area contributed by atoms with Gasteiger partial charge in [-0.2, -0.15) is 0 Å². The summed E-state index contributed by atoms with van der Waals surface area (Å²) in [4.78, 5) is 23.5. The lowest BCUT2D eigenvalue weighted by Crippen LogP contribution is -2.33. The molecule has 1 heterocycles. The smallest absolute Gasteiger partial charge is 0.410 e. The first-order chi connectivity index (χ1) is 8.19. The van der Waals surface area contributed by atoms with Crippen molar-refractivity contribution in [3.63, 3.8) is 0 Å². The molecule has 1 aromatic heterocycles. The Kier molecular flexibility index (Phi) is 3.95. The number of rotatable bonds is 3. The highest BCUT2D eigenvalue weighted by Gasteiger charge is 2.21. The first-order valence-corrected chi connectivity index (χ1v) is 5.32. The molecule has 0 aliphatic heterocycles. The van der Waals surface area contributed by atoms with Gasteiger partial charge in [0.05, 0.1) is 6.54 Å². The molecule has 0 aromatic carbocycles. The van der Waals surface area contributed by atoms with E-state index in [0.717, 1.165) is 0 Å². The number of carbonyl (C=O) groups excluding carboxylic acids is 1.